The summed E-state index contributed by atoms with van der Waals surface area (Å²) in [4.78, 5) is 11.4. The number of hydrogen-bond donors (Lipinski definition) is 0. The first kappa shape index (κ1) is 14.1. The molecule has 3 rings (SSSR count). The Morgan fingerprint density at radius 3 is 2.23 bits per heavy atom. The summed E-state index contributed by atoms with van der Waals surface area (Å²) in [6.45, 7) is 1.99. The van der Waals surface area contributed by atoms with E-state index in [-0.39, 0.29) is 5.92 Å². The van der Waals surface area contributed by atoms with Crippen molar-refractivity contribution in [3.63, 3.8) is 0 Å². The van der Waals surface area contributed by atoms with Crippen LogP contribution in [0.2, 0.25) is 0 Å². The zero-order valence-electron chi connectivity index (χ0n) is 12.2. The Bertz CT molecular complexity index is 779. The predicted molar refractivity (Wildman–Crippen MR) is 80.7 cm³/mol. The minimum atomic E-state index is -1.23. The first-order chi connectivity index (χ1) is 10.7. The lowest BCUT2D eigenvalue weighted by Crippen LogP contribution is -2.39. The van der Waals surface area contributed by atoms with Crippen molar-refractivity contribution in [2.75, 3.05) is 0 Å². The molecule has 0 bridgehead atoms. The number of para-hydroxylation sites is 1. The van der Waals surface area contributed by atoms with Crippen LogP contribution in [0.25, 0.3) is 5.69 Å². The maximum Gasteiger partial charge on any atom is 0.275 e. The van der Waals surface area contributed by atoms with Gasteiger partial charge in [0.1, 0.15) is 18.1 Å². The van der Waals surface area contributed by atoms with Crippen molar-refractivity contribution in [3.05, 3.63) is 84.4 Å². The summed E-state index contributed by atoms with van der Waals surface area (Å²) < 4.78 is 3.05. The van der Waals surface area contributed by atoms with E-state index in [9.17, 15) is 9.90 Å². The number of nitrogens with zero attached hydrogens (tertiary/aromatic N) is 2. The largest absolute Gasteiger partial charge is 0.510 e. The molecule has 3 aromatic rings. The minimum absolute atomic E-state index is 0.0886. The van der Waals surface area contributed by atoms with E-state index in [0.29, 0.717) is 5.82 Å². The van der Waals surface area contributed by atoms with Crippen LogP contribution < -0.4 is 9.67 Å². The molecule has 0 aliphatic carbocycles. The van der Waals surface area contributed by atoms with Crippen LogP contribution >= 0.6 is 0 Å². The molecule has 0 amide bonds. The van der Waals surface area contributed by atoms with Crippen LogP contribution in [0.15, 0.2) is 73.1 Å². The normalized spacial score (nSPS) is 12.0. The van der Waals surface area contributed by atoms with E-state index in [1.54, 1.807) is 6.20 Å². The lowest BCUT2D eigenvalue weighted by molar-refractivity contribution is -0.604. The van der Waals surface area contributed by atoms with Gasteiger partial charge in [-0.3, -0.25) is 0 Å². The first-order valence-electron chi connectivity index (χ1n) is 7.13. The maximum atomic E-state index is 11.4. The quantitative estimate of drug-likeness (QED) is 0.694. The van der Waals surface area contributed by atoms with Gasteiger partial charge in [-0.1, -0.05) is 48.5 Å². The average Bonchev–Trinajstić information content (AvgIpc) is 3.01. The summed E-state index contributed by atoms with van der Waals surface area (Å²) in [6, 6.07) is 19.5. The van der Waals surface area contributed by atoms with Crippen molar-refractivity contribution >= 4 is 6.09 Å². The second kappa shape index (κ2) is 5.85. The third kappa shape index (κ3) is 2.51. The molecule has 1 unspecified atom stereocenters. The average molecular weight is 292 g/mol. The van der Waals surface area contributed by atoms with Crippen LogP contribution in [0.4, 0.5) is 4.79 Å². The summed E-state index contributed by atoms with van der Waals surface area (Å²) in [6.07, 6.45) is 2.05. The SMILES string of the molecule is CC(c1ccccc1)c1n(C(=O)[O-])cc[n+]1-c1ccccc1. The fourth-order valence-electron chi connectivity index (χ4n) is 2.67. The second-order valence-electron chi connectivity index (χ2n) is 5.13. The Balaban J connectivity index is 2.16. The molecule has 0 aliphatic rings. The molecule has 4 nitrogen and oxygen atoms in total. The highest BCUT2D eigenvalue weighted by Gasteiger charge is 2.26. The van der Waals surface area contributed by atoms with E-state index in [1.807, 2.05) is 72.2 Å². The zero-order chi connectivity index (χ0) is 15.5. The summed E-state index contributed by atoms with van der Waals surface area (Å²) >= 11 is 0. The van der Waals surface area contributed by atoms with Gasteiger partial charge in [-0.05, 0) is 24.6 Å². The van der Waals surface area contributed by atoms with E-state index >= 15 is 0 Å². The van der Waals surface area contributed by atoms with Crippen LogP contribution in [0, 0.1) is 0 Å². The summed E-state index contributed by atoms with van der Waals surface area (Å²) in [7, 11) is 0. The van der Waals surface area contributed by atoms with Crippen molar-refractivity contribution < 1.29 is 14.5 Å². The van der Waals surface area contributed by atoms with E-state index in [2.05, 4.69) is 0 Å². The van der Waals surface area contributed by atoms with Gasteiger partial charge in [-0.2, -0.15) is 9.13 Å². The number of carbonyl (C=O) groups is 1. The van der Waals surface area contributed by atoms with Gasteiger partial charge < -0.3 is 9.90 Å². The number of benzene rings is 2. The molecule has 1 heterocycles. The van der Waals surface area contributed by atoms with Crippen LogP contribution in [0.1, 0.15) is 24.2 Å². The summed E-state index contributed by atoms with van der Waals surface area (Å²) in [5, 5.41) is 11.4. The zero-order valence-corrected chi connectivity index (χ0v) is 12.2. The van der Waals surface area contributed by atoms with Crippen molar-refractivity contribution in [3.8, 4) is 5.69 Å². The maximum absolute atomic E-state index is 11.4. The molecule has 22 heavy (non-hydrogen) atoms. The molecule has 1 aromatic heterocycles. The lowest BCUT2D eigenvalue weighted by atomic mass is 10.00. The van der Waals surface area contributed by atoms with E-state index in [4.69, 9.17) is 0 Å². The van der Waals surface area contributed by atoms with Gasteiger partial charge in [-0.25, -0.2) is 0 Å². The second-order valence-corrected chi connectivity index (χ2v) is 5.13. The molecule has 4 heteroatoms. The molecular formula is C18H16N2O2. The molecule has 0 radical (unpaired) electrons. The van der Waals surface area contributed by atoms with E-state index in [0.717, 1.165) is 11.3 Å². The predicted octanol–water partition coefficient (Wildman–Crippen LogP) is 2.11. The first-order valence-corrected chi connectivity index (χ1v) is 7.13. The van der Waals surface area contributed by atoms with Crippen molar-refractivity contribution in [1.29, 1.82) is 0 Å². The molecule has 0 saturated carbocycles. The monoisotopic (exact) mass is 292 g/mol. The highest BCUT2D eigenvalue weighted by Crippen LogP contribution is 2.22. The number of hydrogen-bond acceptors (Lipinski definition) is 2. The van der Waals surface area contributed by atoms with Crippen molar-refractivity contribution in [2.24, 2.45) is 0 Å². The number of carboxylic acid groups (broad SMARTS) is 1. The summed E-state index contributed by atoms with van der Waals surface area (Å²) in [5.41, 5.74) is 1.97. The van der Waals surface area contributed by atoms with Crippen molar-refractivity contribution in [1.82, 2.24) is 4.57 Å². The minimum Gasteiger partial charge on any atom is -0.510 e. The molecule has 0 saturated heterocycles. The van der Waals surface area contributed by atoms with Gasteiger partial charge in [0, 0.05) is 0 Å². The van der Waals surface area contributed by atoms with E-state index < -0.39 is 6.09 Å². The van der Waals surface area contributed by atoms with Gasteiger partial charge in [0.05, 0.1) is 5.92 Å². The van der Waals surface area contributed by atoms with Gasteiger partial charge in [0.15, 0.2) is 0 Å². The topological polar surface area (TPSA) is 48.9 Å². The molecule has 2 aromatic carbocycles. The molecule has 1 atom stereocenters. The molecule has 0 spiro atoms. The van der Waals surface area contributed by atoms with Crippen LogP contribution in [-0.2, 0) is 0 Å². The molecule has 0 aliphatic heterocycles. The Labute approximate surface area is 128 Å². The molecule has 0 fully saturated rings. The number of aromatic nitrogens is 2. The third-order valence-corrected chi connectivity index (χ3v) is 3.78. The van der Waals surface area contributed by atoms with Crippen LogP contribution in [-0.4, -0.2) is 10.7 Å². The Morgan fingerprint density at radius 1 is 1.05 bits per heavy atom. The fraction of sp³-hybridized carbons (Fsp3) is 0.111. The number of imidazole rings is 1. The van der Waals surface area contributed by atoms with Crippen LogP contribution in [0.5, 0.6) is 0 Å². The highest BCUT2D eigenvalue weighted by molar-refractivity contribution is 5.66. The van der Waals surface area contributed by atoms with Gasteiger partial charge >= 0.3 is 0 Å². The van der Waals surface area contributed by atoms with Gasteiger partial charge in [-0.15, -0.1) is 0 Å². The molecular weight excluding hydrogens is 276 g/mol. The highest BCUT2D eigenvalue weighted by atomic mass is 16.4. The van der Waals surface area contributed by atoms with E-state index in [1.165, 1.54) is 10.8 Å². The standard InChI is InChI=1S/C18H16N2O2/c1-14(15-8-4-2-5-9-15)17-19(12-13-20(17)18(21)22)16-10-6-3-7-11-16/h2-14H,1H3. The Morgan fingerprint density at radius 2 is 1.64 bits per heavy atom. The Hall–Kier alpha value is -2.88. The Kier molecular flexibility index (Phi) is 3.74. The fourth-order valence-corrected chi connectivity index (χ4v) is 2.67. The molecule has 110 valence electrons. The van der Waals surface area contributed by atoms with Crippen molar-refractivity contribution in [2.45, 2.75) is 12.8 Å². The summed E-state index contributed by atoms with van der Waals surface area (Å²) in [5.74, 6) is 0.562. The molecule has 0 N–H and O–H groups in total. The van der Waals surface area contributed by atoms with Gasteiger partial charge in [0.2, 0.25) is 6.09 Å². The van der Waals surface area contributed by atoms with Gasteiger partial charge in [0.25, 0.3) is 5.82 Å². The lowest BCUT2D eigenvalue weighted by Gasteiger charge is -2.12. The number of carbonyl (C=O) groups excluding carboxylic acids is 1. The smallest absolute Gasteiger partial charge is 0.275 e. The number of rotatable bonds is 3. The van der Waals surface area contributed by atoms with Crippen LogP contribution in [0.3, 0.4) is 0 Å². The third-order valence-electron chi connectivity index (χ3n) is 3.78.